The van der Waals surface area contributed by atoms with Crippen molar-refractivity contribution in [2.24, 2.45) is 0 Å². The fourth-order valence-electron chi connectivity index (χ4n) is 2.70. The fourth-order valence-corrected chi connectivity index (χ4v) is 3.06. The molecule has 0 saturated carbocycles. The first kappa shape index (κ1) is 18.2. The van der Waals surface area contributed by atoms with Gasteiger partial charge in [-0.2, -0.15) is 0 Å². The van der Waals surface area contributed by atoms with Crippen LogP contribution in [-0.4, -0.2) is 30.3 Å². The van der Waals surface area contributed by atoms with Crippen LogP contribution in [0.15, 0.2) is 51.4 Å². The number of hydrogen-bond donors (Lipinski definition) is 1. The highest BCUT2D eigenvalue weighted by atomic mass is 79.9. The monoisotopic (exact) mass is 414 g/mol. The number of aryl methyl sites for hydroxylation is 2. The minimum absolute atomic E-state index is 0.0626. The molecule has 0 atom stereocenters. The number of nitrogens with one attached hydrogen (secondary N) is 1. The minimum Gasteiger partial charge on any atom is -0.451 e. The lowest BCUT2D eigenvalue weighted by molar-refractivity contribution is -0.116. The van der Waals surface area contributed by atoms with Gasteiger partial charge in [0.15, 0.2) is 5.76 Å². The van der Waals surface area contributed by atoms with Crippen molar-refractivity contribution in [3.63, 3.8) is 0 Å². The summed E-state index contributed by atoms with van der Waals surface area (Å²) in [6.45, 7) is 3.75. The Bertz CT molecular complexity index is 977. The standard InChI is InChI=1S/C20H19BrN2O3/c1-12-4-7-15(8-5-12)22-18(24)11-23(3)20(25)19-13(2)16-10-14(21)6-9-17(16)26-19/h4-10H,11H2,1-3H3,(H,22,24). The molecular formula is C20H19BrN2O3. The van der Waals surface area contributed by atoms with Gasteiger partial charge in [-0.15, -0.1) is 0 Å². The molecule has 0 saturated heterocycles. The van der Waals surface area contributed by atoms with Gasteiger partial charge in [-0.3, -0.25) is 9.59 Å². The molecule has 1 aromatic heterocycles. The molecule has 0 unspecified atom stereocenters. The Labute approximate surface area is 160 Å². The largest absolute Gasteiger partial charge is 0.451 e. The third-order valence-corrected chi connectivity index (χ3v) is 4.65. The highest BCUT2D eigenvalue weighted by Gasteiger charge is 2.22. The molecule has 3 aromatic rings. The smallest absolute Gasteiger partial charge is 0.290 e. The Balaban J connectivity index is 1.72. The summed E-state index contributed by atoms with van der Waals surface area (Å²) in [5.41, 5.74) is 3.22. The maximum Gasteiger partial charge on any atom is 0.290 e. The van der Waals surface area contributed by atoms with E-state index in [0.29, 0.717) is 11.3 Å². The second-order valence-corrected chi connectivity index (χ2v) is 7.19. The Hall–Kier alpha value is -2.60. The molecule has 1 N–H and O–H groups in total. The van der Waals surface area contributed by atoms with Gasteiger partial charge in [0.2, 0.25) is 5.91 Å². The molecule has 0 bridgehead atoms. The van der Waals surface area contributed by atoms with Gasteiger partial charge in [0.05, 0.1) is 6.54 Å². The number of rotatable bonds is 4. The minimum atomic E-state index is -0.325. The molecule has 0 radical (unpaired) electrons. The van der Waals surface area contributed by atoms with Crippen LogP contribution in [0.1, 0.15) is 21.7 Å². The van der Waals surface area contributed by atoms with E-state index in [4.69, 9.17) is 4.42 Å². The Morgan fingerprint density at radius 3 is 2.50 bits per heavy atom. The summed E-state index contributed by atoms with van der Waals surface area (Å²) in [5, 5.41) is 3.66. The van der Waals surface area contributed by atoms with Crippen LogP contribution in [0, 0.1) is 13.8 Å². The number of anilines is 1. The summed E-state index contributed by atoms with van der Waals surface area (Å²) >= 11 is 3.42. The van der Waals surface area contributed by atoms with Crippen LogP contribution in [-0.2, 0) is 4.79 Å². The van der Waals surface area contributed by atoms with E-state index in [0.717, 1.165) is 21.0 Å². The Morgan fingerprint density at radius 2 is 1.81 bits per heavy atom. The molecule has 0 aliphatic rings. The van der Waals surface area contributed by atoms with E-state index in [1.54, 1.807) is 7.05 Å². The van der Waals surface area contributed by atoms with Gasteiger partial charge < -0.3 is 14.6 Å². The zero-order chi connectivity index (χ0) is 18.8. The predicted molar refractivity (Wildman–Crippen MR) is 105 cm³/mol. The average molecular weight is 415 g/mol. The van der Waals surface area contributed by atoms with Crippen LogP contribution >= 0.6 is 15.9 Å². The van der Waals surface area contributed by atoms with Crippen LogP contribution in [0.2, 0.25) is 0 Å². The lowest BCUT2D eigenvalue weighted by Gasteiger charge is -2.16. The maximum absolute atomic E-state index is 12.7. The summed E-state index contributed by atoms with van der Waals surface area (Å²) in [7, 11) is 1.58. The second-order valence-electron chi connectivity index (χ2n) is 6.27. The van der Waals surface area contributed by atoms with E-state index >= 15 is 0 Å². The van der Waals surface area contributed by atoms with Crippen molar-refractivity contribution in [3.8, 4) is 0 Å². The summed E-state index contributed by atoms with van der Waals surface area (Å²) in [6, 6.07) is 13.1. The number of furan rings is 1. The lowest BCUT2D eigenvalue weighted by atomic mass is 10.1. The third-order valence-electron chi connectivity index (χ3n) is 4.16. The molecule has 6 heteroatoms. The van der Waals surface area contributed by atoms with Crippen molar-refractivity contribution in [2.45, 2.75) is 13.8 Å². The van der Waals surface area contributed by atoms with Crippen LogP contribution in [0.3, 0.4) is 0 Å². The van der Waals surface area contributed by atoms with Gasteiger partial charge >= 0.3 is 0 Å². The number of carbonyl (C=O) groups is 2. The summed E-state index contributed by atoms with van der Waals surface area (Å²) in [6.07, 6.45) is 0. The van der Waals surface area contributed by atoms with Gasteiger partial charge in [-0.25, -0.2) is 0 Å². The number of nitrogens with zero attached hydrogens (tertiary/aromatic N) is 1. The van der Waals surface area contributed by atoms with Crippen molar-refractivity contribution in [2.75, 3.05) is 18.9 Å². The quantitative estimate of drug-likeness (QED) is 0.682. The molecular weight excluding hydrogens is 396 g/mol. The lowest BCUT2D eigenvalue weighted by Crippen LogP contribution is -2.35. The molecule has 1 heterocycles. The molecule has 0 spiro atoms. The molecule has 0 aliphatic heterocycles. The van der Waals surface area contributed by atoms with Gasteiger partial charge in [0.25, 0.3) is 5.91 Å². The first-order chi connectivity index (χ1) is 12.3. The van der Waals surface area contributed by atoms with E-state index in [-0.39, 0.29) is 24.1 Å². The topological polar surface area (TPSA) is 62.6 Å². The fraction of sp³-hybridized carbons (Fsp3) is 0.200. The number of carbonyl (C=O) groups excluding carboxylic acids is 2. The highest BCUT2D eigenvalue weighted by Crippen LogP contribution is 2.28. The summed E-state index contributed by atoms with van der Waals surface area (Å²) in [4.78, 5) is 26.2. The zero-order valence-electron chi connectivity index (χ0n) is 14.8. The van der Waals surface area contributed by atoms with Crippen molar-refractivity contribution in [3.05, 3.63) is 63.8 Å². The molecule has 3 rings (SSSR count). The first-order valence-electron chi connectivity index (χ1n) is 8.16. The molecule has 2 amide bonds. The number of amides is 2. The van der Waals surface area contributed by atoms with Gasteiger partial charge in [-0.1, -0.05) is 33.6 Å². The van der Waals surface area contributed by atoms with Crippen molar-refractivity contribution in [1.82, 2.24) is 4.90 Å². The molecule has 5 nitrogen and oxygen atoms in total. The van der Waals surface area contributed by atoms with Crippen molar-refractivity contribution < 1.29 is 14.0 Å². The molecule has 26 heavy (non-hydrogen) atoms. The van der Waals surface area contributed by atoms with E-state index in [2.05, 4.69) is 21.2 Å². The number of hydrogen-bond acceptors (Lipinski definition) is 3. The summed E-state index contributed by atoms with van der Waals surface area (Å²) in [5.74, 6) is -0.334. The normalized spacial score (nSPS) is 10.8. The van der Waals surface area contributed by atoms with Gasteiger partial charge in [0.1, 0.15) is 5.58 Å². The van der Waals surface area contributed by atoms with E-state index < -0.39 is 0 Å². The van der Waals surface area contributed by atoms with E-state index in [1.807, 2.05) is 56.3 Å². The van der Waals surface area contributed by atoms with Gasteiger partial charge in [0, 0.05) is 28.2 Å². The summed E-state index contributed by atoms with van der Waals surface area (Å²) < 4.78 is 6.62. The Kier molecular flexibility index (Phi) is 5.13. The van der Waals surface area contributed by atoms with Crippen LogP contribution in [0.5, 0.6) is 0 Å². The number of benzene rings is 2. The third kappa shape index (κ3) is 3.80. The second kappa shape index (κ2) is 7.33. The molecule has 0 aliphatic carbocycles. The number of fused-ring (bicyclic) bond motifs is 1. The van der Waals surface area contributed by atoms with Crippen molar-refractivity contribution in [1.29, 1.82) is 0 Å². The zero-order valence-corrected chi connectivity index (χ0v) is 16.4. The predicted octanol–water partition coefficient (Wildman–Crippen LogP) is 4.52. The van der Waals surface area contributed by atoms with Crippen LogP contribution < -0.4 is 5.32 Å². The number of likely N-dealkylation sites (N-methyl/N-ethyl adjacent to an activating group) is 1. The molecule has 0 fully saturated rings. The molecule has 2 aromatic carbocycles. The van der Waals surface area contributed by atoms with Gasteiger partial charge in [-0.05, 0) is 44.2 Å². The van der Waals surface area contributed by atoms with Crippen molar-refractivity contribution >= 4 is 44.4 Å². The van der Waals surface area contributed by atoms with Crippen LogP contribution in [0.4, 0.5) is 5.69 Å². The maximum atomic E-state index is 12.7. The number of halogens is 1. The SMILES string of the molecule is Cc1ccc(NC(=O)CN(C)C(=O)c2oc3ccc(Br)cc3c2C)cc1. The first-order valence-corrected chi connectivity index (χ1v) is 8.95. The molecule has 134 valence electrons. The van der Waals surface area contributed by atoms with E-state index in [1.165, 1.54) is 4.90 Å². The highest BCUT2D eigenvalue weighted by molar-refractivity contribution is 9.10. The van der Waals surface area contributed by atoms with E-state index in [9.17, 15) is 9.59 Å². The Morgan fingerprint density at radius 1 is 1.12 bits per heavy atom. The van der Waals surface area contributed by atoms with Crippen LogP contribution in [0.25, 0.3) is 11.0 Å². The average Bonchev–Trinajstić information content (AvgIpc) is 2.92.